The van der Waals surface area contributed by atoms with E-state index < -0.39 is 34.5 Å². The number of carbonyl (C=O) groups excluding carboxylic acids is 3. The van der Waals surface area contributed by atoms with Gasteiger partial charge in [0.25, 0.3) is 5.91 Å². The average molecular weight is 370 g/mol. The molecule has 0 heterocycles. The monoisotopic (exact) mass is 370 g/mol. The summed E-state index contributed by atoms with van der Waals surface area (Å²) >= 11 is 0. The van der Waals surface area contributed by atoms with E-state index in [2.05, 4.69) is 10.0 Å². The maximum atomic E-state index is 12.1. The molecule has 2 N–H and O–H groups in total. The van der Waals surface area contributed by atoms with Gasteiger partial charge in [0.2, 0.25) is 10.0 Å². The van der Waals surface area contributed by atoms with Crippen LogP contribution >= 0.6 is 0 Å². The molecular weight excluding hydrogens is 348 g/mol. The minimum Gasteiger partial charge on any atom is -0.452 e. The van der Waals surface area contributed by atoms with Crippen LogP contribution in [0.4, 0.5) is 0 Å². The number of rotatable bonds is 9. The van der Waals surface area contributed by atoms with Crippen LogP contribution in [0, 0.1) is 0 Å². The molecule has 0 aliphatic carbocycles. The number of benzene rings is 1. The molecule has 0 saturated heterocycles. The number of hydrogen-bond acceptors (Lipinski definition) is 6. The molecular formula is C16H22N2O6S. The summed E-state index contributed by atoms with van der Waals surface area (Å²) in [6.07, 6.45) is -0.271. The lowest BCUT2D eigenvalue weighted by atomic mass is 10.2. The quantitative estimate of drug-likeness (QED) is 0.486. The molecule has 25 heavy (non-hydrogen) atoms. The fourth-order valence-corrected chi connectivity index (χ4v) is 2.76. The van der Waals surface area contributed by atoms with E-state index in [1.54, 1.807) is 0 Å². The second kappa shape index (κ2) is 9.28. The Bertz CT molecular complexity index is 727. The van der Waals surface area contributed by atoms with Crippen molar-refractivity contribution in [2.45, 2.75) is 38.2 Å². The zero-order valence-electron chi connectivity index (χ0n) is 14.4. The summed E-state index contributed by atoms with van der Waals surface area (Å²) in [7, 11) is -3.93. The predicted molar refractivity (Wildman–Crippen MR) is 90.5 cm³/mol. The van der Waals surface area contributed by atoms with Gasteiger partial charge in [-0.15, -0.1) is 0 Å². The van der Waals surface area contributed by atoms with E-state index >= 15 is 0 Å². The van der Waals surface area contributed by atoms with E-state index in [0.717, 1.165) is 6.42 Å². The maximum absolute atomic E-state index is 12.1. The molecule has 1 aromatic carbocycles. The Kier molecular flexibility index (Phi) is 7.72. The molecule has 0 fully saturated rings. The first-order valence-corrected chi connectivity index (χ1v) is 9.23. The summed E-state index contributed by atoms with van der Waals surface area (Å²) in [5.74, 6) is -1.50. The number of ether oxygens (including phenoxy) is 1. The highest BCUT2D eigenvalue weighted by atomic mass is 32.2. The van der Waals surface area contributed by atoms with Crippen molar-refractivity contribution in [3.63, 3.8) is 0 Å². The lowest BCUT2D eigenvalue weighted by Crippen LogP contribution is -2.39. The highest BCUT2D eigenvalue weighted by molar-refractivity contribution is 7.89. The zero-order valence-corrected chi connectivity index (χ0v) is 15.2. The van der Waals surface area contributed by atoms with Gasteiger partial charge >= 0.3 is 5.97 Å². The van der Waals surface area contributed by atoms with Gasteiger partial charge in [-0.2, -0.15) is 4.72 Å². The predicted octanol–water partition coefficient (Wildman–Crippen LogP) is 0.625. The third kappa shape index (κ3) is 6.63. The van der Waals surface area contributed by atoms with E-state index in [1.807, 2.05) is 6.92 Å². The van der Waals surface area contributed by atoms with Crippen LogP contribution in [-0.4, -0.2) is 45.3 Å². The van der Waals surface area contributed by atoms with Crippen molar-refractivity contribution in [3.8, 4) is 0 Å². The molecule has 1 unspecified atom stereocenters. The van der Waals surface area contributed by atoms with E-state index in [1.165, 1.54) is 38.1 Å². The normalized spacial score (nSPS) is 12.3. The van der Waals surface area contributed by atoms with Crippen LogP contribution in [0.3, 0.4) is 0 Å². The molecule has 1 amide bonds. The molecule has 0 aromatic heterocycles. The smallest absolute Gasteiger partial charge is 0.321 e. The second-order valence-electron chi connectivity index (χ2n) is 5.33. The summed E-state index contributed by atoms with van der Waals surface area (Å²) in [6.45, 7) is 4.51. The molecule has 0 bridgehead atoms. The summed E-state index contributed by atoms with van der Waals surface area (Å²) in [5, 5.41) is 2.57. The average Bonchev–Trinajstić information content (AvgIpc) is 2.57. The molecule has 9 heteroatoms. The summed E-state index contributed by atoms with van der Waals surface area (Å²) < 4.78 is 31.2. The van der Waals surface area contributed by atoms with Gasteiger partial charge in [-0.1, -0.05) is 19.1 Å². The van der Waals surface area contributed by atoms with Crippen molar-refractivity contribution in [1.29, 1.82) is 0 Å². The summed E-state index contributed by atoms with van der Waals surface area (Å²) in [4.78, 5) is 34.4. The van der Waals surface area contributed by atoms with Crippen molar-refractivity contribution >= 4 is 27.7 Å². The van der Waals surface area contributed by atoms with Gasteiger partial charge in [-0.3, -0.25) is 14.4 Å². The van der Waals surface area contributed by atoms with Gasteiger partial charge in [0, 0.05) is 12.1 Å². The van der Waals surface area contributed by atoms with E-state index in [9.17, 15) is 22.8 Å². The first kappa shape index (κ1) is 20.8. The molecule has 0 saturated carbocycles. The number of Topliss-reactive ketones (excluding diaryl/α,β-unsaturated/α-hetero) is 1. The van der Waals surface area contributed by atoms with Gasteiger partial charge in [0.15, 0.2) is 11.9 Å². The Morgan fingerprint density at radius 3 is 2.28 bits per heavy atom. The maximum Gasteiger partial charge on any atom is 0.321 e. The SMILES string of the molecule is CCCNC(=O)C(C)OC(=O)CNS(=O)(=O)c1ccc(C(C)=O)cc1. The Morgan fingerprint density at radius 1 is 1.16 bits per heavy atom. The van der Waals surface area contributed by atoms with Gasteiger partial charge < -0.3 is 10.1 Å². The van der Waals surface area contributed by atoms with Crippen LogP contribution < -0.4 is 10.0 Å². The van der Waals surface area contributed by atoms with Crippen molar-refractivity contribution in [2.75, 3.05) is 13.1 Å². The Morgan fingerprint density at radius 2 is 1.76 bits per heavy atom. The lowest BCUT2D eigenvalue weighted by Gasteiger charge is -2.13. The third-order valence-electron chi connectivity index (χ3n) is 3.20. The van der Waals surface area contributed by atoms with Crippen LogP contribution in [0.2, 0.25) is 0 Å². The number of esters is 1. The molecule has 0 radical (unpaired) electrons. The van der Waals surface area contributed by atoms with Crippen LogP contribution in [0.1, 0.15) is 37.6 Å². The topological polar surface area (TPSA) is 119 Å². The Balaban J connectivity index is 2.59. The number of nitrogens with one attached hydrogen (secondary N) is 2. The first-order chi connectivity index (χ1) is 11.7. The highest BCUT2D eigenvalue weighted by Gasteiger charge is 2.20. The van der Waals surface area contributed by atoms with Gasteiger partial charge in [-0.05, 0) is 32.4 Å². The third-order valence-corrected chi connectivity index (χ3v) is 4.62. The number of carbonyl (C=O) groups is 3. The minimum absolute atomic E-state index is 0.0842. The van der Waals surface area contributed by atoms with Crippen molar-refractivity contribution in [2.24, 2.45) is 0 Å². The molecule has 138 valence electrons. The van der Waals surface area contributed by atoms with Gasteiger partial charge in [0.05, 0.1) is 4.90 Å². The van der Waals surface area contributed by atoms with E-state index in [-0.39, 0.29) is 10.7 Å². The number of hydrogen-bond donors (Lipinski definition) is 2. The minimum atomic E-state index is -3.93. The standard InChI is InChI=1S/C16H22N2O6S/c1-4-9-17-16(21)12(3)24-15(20)10-18-25(22,23)14-7-5-13(6-8-14)11(2)19/h5-8,12,18H,4,9-10H2,1-3H3,(H,17,21). The van der Waals surface area contributed by atoms with Gasteiger partial charge in [-0.25, -0.2) is 8.42 Å². The number of sulfonamides is 1. The second-order valence-corrected chi connectivity index (χ2v) is 7.10. The molecule has 1 atom stereocenters. The highest BCUT2D eigenvalue weighted by Crippen LogP contribution is 2.10. The molecule has 1 rings (SSSR count). The molecule has 0 aliphatic heterocycles. The van der Waals surface area contributed by atoms with Gasteiger partial charge in [0.1, 0.15) is 6.54 Å². The molecule has 0 aliphatic rings. The van der Waals surface area contributed by atoms with Crippen LogP contribution in [0.5, 0.6) is 0 Å². The zero-order chi connectivity index (χ0) is 19.0. The molecule has 8 nitrogen and oxygen atoms in total. The Hall–Kier alpha value is -2.26. The number of amides is 1. The molecule has 1 aromatic rings. The summed E-state index contributed by atoms with van der Waals surface area (Å²) in [5.41, 5.74) is 0.380. The van der Waals surface area contributed by atoms with E-state index in [4.69, 9.17) is 4.74 Å². The lowest BCUT2D eigenvalue weighted by molar-refractivity contribution is -0.153. The van der Waals surface area contributed by atoms with Crippen LogP contribution in [0.15, 0.2) is 29.2 Å². The largest absolute Gasteiger partial charge is 0.452 e. The number of ketones is 1. The van der Waals surface area contributed by atoms with Crippen LogP contribution in [-0.2, 0) is 24.3 Å². The van der Waals surface area contributed by atoms with Crippen molar-refractivity contribution < 1.29 is 27.5 Å². The first-order valence-electron chi connectivity index (χ1n) is 7.75. The van der Waals surface area contributed by atoms with Crippen molar-refractivity contribution in [1.82, 2.24) is 10.0 Å². The van der Waals surface area contributed by atoms with Crippen molar-refractivity contribution in [3.05, 3.63) is 29.8 Å². The Labute approximate surface area is 147 Å². The summed E-state index contributed by atoms with van der Waals surface area (Å²) in [6, 6.07) is 5.31. The van der Waals surface area contributed by atoms with E-state index in [0.29, 0.717) is 12.1 Å². The van der Waals surface area contributed by atoms with Crippen LogP contribution in [0.25, 0.3) is 0 Å². The fourth-order valence-electron chi connectivity index (χ4n) is 1.79. The fraction of sp³-hybridized carbons (Fsp3) is 0.438. The molecule has 0 spiro atoms.